The molecule has 0 radical (unpaired) electrons. The van der Waals surface area contributed by atoms with E-state index in [2.05, 4.69) is 0 Å². The van der Waals surface area contributed by atoms with E-state index >= 15 is 0 Å². The average Bonchev–Trinajstić information content (AvgIpc) is 2.68. The van der Waals surface area contributed by atoms with Crippen molar-refractivity contribution in [1.82, 2.24) is 0 Å². The molecule has 3 N–H and O–H groups in total. The van der Waals surface area contributed by atoms with Crippen molar-refractivity contribution in [3.05, 3.63) is 42.4 Å². The Kier molecular flexibility index (Phi) is 2.17. The Morgan fingerprint density at radius 1 is 1.20 bits per heavy atom. The van der Waals surface area contributed by atoms with Gasteiger partial charge in [0.25, 0.3) is 0 Å². The molecule has 0 bridgehead atoms. The zero-order valence-electron chi connectivity index (χ0n) is 7.81. The lowest BCUT2D eigenvalue weighted by molar-refractivity contribution is 0.0662. The molecule has 0 fully saturated rings. The molecule has 0 aliphatic rings. The molecule has 0 unspecified atom stereocenters. The number of rotatable bonds is 2. The summed E-state index contributed by atoms with van der Waals surface area (Å²) in [6.07, 6.45) is 1.41. The van der Waals surface area contributed by atoms with E-state index in [-0.39, 0.29) is 5.76 Å². The molecule has 2 rings (SSSR count). The minimum absolute atomic E-state index is 0.0678. The zero-order chi connectivity index (χ0) is 10.8. The van der Waals surface area contributed by atoms with Crippen molar-refractivity contribution in [2.45, 2.75) is 0 Å². The Morgan fingerprint density at radius 3 is 2.40 bits per heavy atom. The highest BCUT2D eigenvalue weighted by Crippen LogP contribution is 2.22. The number of carboxylic acids is 1. The fourth-order valence-corrected chi connectivity index (χ4v) is 1.28. The third-order valence-electron chi connectivity index (χ3n) is 2.05. The van der Waals surface area contributed by atoms with Crippen LogP contribution in [0.15, 0.2) is 41.0 Å². The first-order chi connectivity index (χ1) is 7.16. The maximum atomic E-state index is 10.6. The van der Waals surface area contributed by atoms with E-state index in [0.29, 0.717) is 5.69 Å². The summed E-state index contributed by atoms with van der Waals surface area (Å²) >= 11 is 0. The van der Waals surface area contributed by atoms with E-state index < -0.39 is 5.97 Å². The minimum atomic E-state index is -1.07. The van der Waals surface area contributed by atoms with Crippen LogP contribution in [0.2, 0.25) is 0 Å². The molecule has 76 valence electrons. The SMILES string of the molecule is Nc1ccc(-c2coc(C(=O)O)c2)cc1. The van der Waals surface area contributed by atoms with Gasteiger partial charge in [-0.1, -0.05) is 12.1 Å². The number of aromatic carboxylic acids is 1. The molecule has 0 spiro atoms. The number of carbonyl (C=O) groups is 1. The second kappa shape index (κ2) is 3.49. The Balaban J connectivity index is 2.37. The molecule has 1 heterocycles. The zero-order valence-corrected chi connectivity index (χ0v) is 7.81. The monoisotopic (exact) mass is 203 g/mol. The van der Waals surface area contributed by atoms with Gasteiger partial charge in [0.05, 0.1) is 6.26 Å². The van der Waals surface area contributed by atoms with Gasteiger partial charge in [0, 0.05) is 11.3 Å². The Morgan fingerprint density at radius 2 is 1.87 bits per heavy atom. The van der Waals surface area contributed by atoms with Gasteiger partial charge in [-0.25, -0.2) is 4.79 Å². The van der Waals surface area contributed by atoms with Crippen molar-refractivity contribution in [2.75, 3.05) is 5.73 Å². The van der Waals surface area contributed by atoms with Crippen LogP contribution in [-0.4, -0.2) is 11.1 Å². The highest BCUT2D eigenvalue weighted by atomic mass is 16.4. The van der Waals surface area contributed by atoms with Crippen LogP contribution in [-0.2, 0) is 0 Å². The van der Waals surface area contributed by atoms with Gasteiger partial charge in [0.2, 0.25) is 5.76 Å². The quantitative estimate of drug-likeness (QED) is 0.733. The molecule has 0 atom stereocenters. The van der Waals surface area contributed by atoms with E-state index in [1.54, 1.807) is 12.1 Å². The molecule has 2 aromatic rings. The highest BCUT2D eigenvalue weighted by Gasteiger charge is 2.09. The summed E-state index contributed by atoms with van der Waals surface area (Å²) in [6.45, 7) is 0. The summed E-state index contributed by atoms with van der Waals surface area (Å²) in [5.41, 5.74) is 7.81. The van der Waals surface area contributed by atoms with Gasteiger partial charge in [-0.2, -0.15) is 0 Å². The average molecular weight is 203 g/mol. The van der Waals surface area contributed by atoms with Crippen LogP contribution in [0.1, 0.15) is 10.6 Å². The van der Waals surface area contributed by atoms with E-state index in [1.165, 1.54) is 12.3 Å². The van der Waals surface area contributed by atoms with Gasteiger partial charge < -0.3 is 15.3 Å². The van der Waals surface area contributed by atoms with Crippen molar-refractivity contribution >= 4 is 11.7 Å². The number of furan rings is 1. The van der Waals surface area contributed by atoms with Crippen molar-refractivity contribution < 1.29 is 14.3 Å². The predicted octanol–water partition coefficient (Wildman–Crippen LogP) is 2.23. The summed E-state index contributed by atoms with van der Waals surface area (Å²) in [5, 5.41) is 8.68. The first-order valence-electron chi connectivity index (χ1n) is 4.34. The lowest BCUT2D eigenvalue weighted by atomic mass is 10.1. The van der Waals surface area contributed by atoms with Crippen LogP contribution < -0.4 is 5.73 Å². The third kappa shape index (κ3) is 1.83. The van der Waals surface area contributed by atoms with Gasteiger partial charge in [0.15, 0.2) is 0 Å². The van der Waals surface area contributed by atoms with Crippen LogP contribution in [0.4, 0.5) is 5.69 Å². The van der Waals surface area contributed by atoms with Gasteiger partial charge in [0.1, 0.15) is 0 Å². The number of nitrogen functional groups attached to an aromatic ring is 1. The molecule has 0 aliphatic carbocycles. The lowest BCUT2D eigenvalue weighted by Gasteiger charge is -1.96. The first kappa shape index (κ1) is 9.33. The smallest absolute Gasteiger partial charge is 0.371 e. The number of carboxylic acid groups (broad SMARTS) is 1. The maximum Gasteiger partial charge on any atom is 0.371 e. The van der Waals surface area contributed by atoms with Crippen molar-refractivity contribution in [3.8, 4) is 11.1 Å². The van der Waals surface area contributed by atoms with Crippen LogP contribution in [0.25, 0.3) is 11.1 Å². The molecular weight excluding hydrogens is 194 g/mol. The van der Waals surface area contributed by atoms with Crippen molar-refractivity contribution in [2.24, 2.45) is 0 Å². The molecule has 0 amide bonds. The molecule has 0 aliphatic heterocycles. The fourth-order valence-electron chi connectivity index (χ4n) is 1.28. The summed E-state index contributed by atoms with van der Waals surface area (Å²) in [4.78, 5) is 10.6. The standard InChI is InChI=1S/C11H9NO3/c12-9-3-1-7(2-4-9)8-5-10(11(13)14)15-6-8/h1-6H,12H2,(H,13,14). The van der Waals surface area contributed by atoms with E-state index in [1.807, 2.05) is 12.1 Å². The highest BCUT2D eigenvalue weighted by molar-refractivity contribution is 5.86. The molecule has 4 heteroatoms. The van der Waals surface area contributed by atoms with Gasteiger partial charge in [-0.15, -0.1) is 0 Å². The number of benzene rings is 1. The van der Waals surface area contributed by atoms with E-state index in [9.17, 15) is 4.79 Å². The molecule has 0 saturated carbocycles. The molecule has 0 saturated heterocycles. The topological polar surface area (TPSA) is 76.5 Å². The second-order valence-corrected chi connectivity index (χ2v) is 3.13. The van der Waals surface area contributed by atoms with Gasteiger partial charge >= 0.3 is 5.97 Å². The van der Waals surface area contributed by atoms with Crippen LogP contribution in [0.3, 0.4) is 0 Å². The van der Waals surface area contributed by atoms with Crippen LogP contribution in [0.5, 0.6) is 0 Å². The number of hydrogen-bond acceptors (Lipinski definition) is 3. The normalized spacial score (nSPS) is 10.1. The van der Waals surface area contributed by atoms with Crippen molar-refractivity contribution in [3.63, 3.8) is 0 Å². The summed E-state index contributed by atoms with van der Waals surface area (Å²) in [6, 6.07) is 8.61. The molecule has 1 aromatic carbocycles. The van der Waals surface area contributed by atoms with Crippen LogP contribution in [0, 0.1) is 0 Å². The number of nitrogens with two attached hydrogens (primary N) is 1. The van der Waals surface area contributed by atoms with Gasteiger partial charge in [-0.3, -0.25) is 0 Å². The third-order valence-corrected chi connectivity index (χ3v) is 2.05. The summed E-state index contributed by atoms with van der Waals surface area (Å²) < 4.78 is 4.88. The Bertz CT molecular complexity index is 485. The Labute approximate surface area is 85.9 Å². The molecule has 1 aromatic heterocycles. The van der Waals surface area contributed by atoms with Crippen LogP contribution >= 0.6 is 0 Å². The predicted molar refractivity (Wildman–Crippen MR) is 55.5 cm³/mol. The largest absolute Gasteiger partial charge is 0.475 e. The van der Waals surface area contributed by atoms with Crippen molar-refractivity contribution in [1.29, 1.82) is 0 Å². The number of anilines is 1. The summed E-state index contributed by atoms with van der Waals surface area (Å²) in [7, 11) is 0. The number of hydrogen-bond donors (Lipinski definition) is 2. The second-order valence-electron chi connectivity index (χ2n) is 3.13. The van der Waals surface area contributed by atoms with E-state index in [4.69, 9.17) is 15.3 Å². The lowest BCUT2D eigenvalue weighted by Crippen LogP contribution is -1.91. The Hall–Kier alpha value is -2.23. The minimum Gasteiger partial charge on any atom is -0.475 e. The maximum absolute atomic E-state index is 10.6. The van der Waals surface area contributed by atoms with E-state index in [0.717, 1.165) is 11.1 Å². The summed E-state index contributed by atoms with van der Waals surface area (Å²) in [5.74, 6) is -1.14. The van der Waals surface area contributed by atoms with Gasteiger partial charge in [-0.05, 0) is 23.8 Å². The molecular formula is C11H9NO3. The first-order valence-corrected chi connectivity index (χ1v) is 4.34. The fraction of sp³-hybridized carbons (Fsp3) is 0. The molecule has 15 heavy (non-hydrogen) atoms. The molecule has 4 nitrogen and oxygen atoms in total.